The number of ketones is 2. The van der Waals surface area contributed by atoms with Crippen molar-refractivity contribution in [3.05, 3.63) is 58.1 Å². The van der Waals surface area contributed by atoms with Gasteiger partial charge in [0.25, 0.3) is 0 Å². The monoisotopic (exact) mass is 246 g/mol. The third-order valence-electron chi connectivity index (χ3n) is 2.63. The largest absolute Gasteiger partial charge is 0.289 e. The molecule has 2 rings (SSSR count). The Bertz CT molecular complexity index is 567. The van der Waals surface area contributed by atoms with Gasteiger partial charge in [-0.05, 0) is 13.3 Å². The van der Waals surface area contributed by atoms with E-state index in [4.69, 9.17) is 11.6 Å². The Hall–Kier alpha value is -1.67. The van der Waals surface area contributed by atoms with Crippen LogP contribution in [0.25, 0.3) is 0 Å². The standard InChI is InChI=1S/C14H11ClO2/c1-8(2)7-11-12(15)14(17)10-6-4-3-5-9(10)13(11)16/h3-6H,1,7H2,2H3. The van der Waals surface area contributed by atoms with Gasteiger partial charge in [-0.25, -0.2) is 0 Å². The molecule has 0 unspecified atom stereocenters. The molecular weight excluding hydrogens is 236 g/mol. The summed E-state index contributed by atoms with van der Waals surface area (Å²) < 4.78 is 0. The average Bonchev–Trinajstić information content (AvgIpc) is 2.31. The molecule has 0 saturated heterocycles. The van der Waals surface area contributed by atoms with E-state index in [-0.39, 0.29) is 16.6 Å². The lowest BCUT2D eigenvalue weighted by atomic mass is 9.87. The zero-order valence-electron chi connectivity index (χ0n) is 9.42. The van der Waals surface area contributed by atoms with E-state index < -0.39 is 0 Å². The fraction of sp³-hybridized carbons (Fsp3) is 0.143. The van der Waals surface area contributed by atoms with E-state index in [1.165, 1.54) is 0 Å². The SMILES string of the molecule is C=C(C)CC1=C(Cl)C(=O)c2ccccc2C1=O. The van der Waals surface area contributed by atoms with Crippen molar-refractivity contribution in [3.63, 3.8) is 0 Å². The van der Waals surface area contributed by atoms with Gasteiger partial charge in [-0.2, -0.15) is 0 Å². The Morgan fingerprint density at radius 1 is 1.18 bits per heavy atom. The molecule has 0 atom stereocenters. The summed E-state index contributed by atoms with van der Waals surface area (Å²) in [5, 5.41) is 0.0247. The van der Waals surface area contributed by atoms with E-state index in [0.717, 1.165) is 5.57 Å². The Labute approximate surface area is 105 Å². The molecule has 1 aromatic carbocycles. The molecule has 17 heavy (non-hydrogen) atoms. The molecule has 1 aromatic rings. The van der Waals surface area contributed by atoms with Crippen LogP contribution in [0.5, 0.6) is 0 Å². The van der Waals surface area contributed by atoms with Gasteiger partial charge in [0.05, 0.1) is 5.03 Å². The second-order valence-electron chi connectivity index (χ2n) is 4.13. The zero-order chi connectivity index (χ0) is 12.6. The summed E-state index contributed by atoms with van der Waals surface area (Å²) in [4.78, 5) is 24.2. The van der Waals surface area contributed by atoms with Gasteiger partial charge >= 0.3 is 0 Å². The minimum atomic E-state index is -0.280. The van der Waals surface area contributed by atoms with Gasteiger partial charge in [0.15, 0.2) is 5.78 Å². The molecule has 0 radical (unpaired) electrons. The first-order valence-corrected chi connectivity index (χ1v) is 5.61. The van der Waals surface area contributed by atoms with Crippen LogP contribution >= 0.6 is 11.6 Å². The summed E-state index contributed by atoms with van der Waals surface area (Å²) in [7, 11) is 0. The maximum atomic E-state index is 12.2. The lowest BCUT2D eigenvalue weighted by molar-refractivity contribution is 0.0979. The van der Waals surface area contributed by atoms with E-state index in [0.29, 0.717) is 23.1 Å². The predicted molar refractivity (Wildman–Crippen MR) is 67.4 cm³/mol. The van der Waals surface area contributed by atoms with Gasteiger partial charge in [0.1, 0.15) is 0 Å². The Balaban J connectivity index is 2.58. The van der Waals surface area contributed by atoms with Crippen LogP contribution in [0, 0.1) is 0 Å². The molecule has 0 spiro atoms. The minimum Gasteiger partial charge on any atom is -0.289 e. The fourth-order valence-corrected chi connectivity index (χ4v) is 2.11. The van der Waals surface area contributed by atoms with E-state index in [2.05, 4.69) is 6.58 Å². The highest BCUT2D eigenvalue weighted by Crippen LogP contribution is 2.31. The molecule has 0 aromatic heterocycles. The molecule has 1 aliphatic carbocycles. The van der Waals surface area contributed by atoms with Gasteiger partial charge in [0.2, 0.25) is 5.78 Å². The van der Waals surface area contributed by atoms with Gasteiger partial charge < -0.3 is 0 Å². The molecule has 0 heterocycles. The number of carbonyl (C=O) groups excluding carboxylic acids is 2. The first-order chi connectivity index (χ1) is 8.02. The third-order valence-corrected chi connectivity index (χ3v) is 3.03. The number of Topliss-reactive ketones (excluding diaryl/α,β-unsaturated/α-hetero) is 2. The predicted octanol–water partition coefficient (Wildman–Crippen LogP) is 3.52. The van der Waals surface area contributed by atoms with Gasteiger partial charge in [0, 0.05) is 16.7 Å². The number of allylic oxidation sites excluding steroid dienone is 3. The lowest BCUT2D eigenvalue weighted by Gasteiger charge is -2.17. The van der Waals surface area contributed by atoms with Crippen LogP contribution in [0.4, 0.5) is 0 Å². The summed E-state index contributed by atoms with van der Waals surface area (Å²) in [5.41, 5.74) is 1.97. The molecule has 0 aliphatic heterocycles. The number of halogens is 1. The number of rotatable bonds is 2. The minimum absolute atomic E-state index is 0.0247. The van der Waals surface area contributed by atoms with Crippen molar-refractivity contribution in [3.8, 4) is 0 Å². The summed E-state index contributed by atoms with van der Waals surface area (Å²) >= 11 is 5.97. The molecule has 86 valence electrons. The van der Waals surface area contributed by atoms with Gasteiger partial charge in [-0.1, -0.05) is 48.0 Å². The number of fused-ring (bicyclic) bond motifs is 1. The molecule has 0 amide bonds. The van der Waals surface area contributed by atoms with Crippen molar-refractivity contribution in [2.75, 3.05) is 0 Å². The Kier molecular flexibility index (Phi) is 2.99. The van der Waals surface area contributed by atoms with E-state index >= 15 is 0 Å². The van der Waals surface area contributed by atoms with Crippen LogP contribution in [-0.4, -0.2) is 11.6 Å². The van der Waals surface area contributed by atoms with Crippen molar-refractivity contribution in [2.24, 2.45) is 0 Å². The highest BCUT2D eigenvalue weighted by molar-refractivity contribution is 6.50. The fourth-order valence-electron chi connectivity index (χ4n) is 1.86. The zero-order valence-corrected chi connectivity index (χ0v) is 10.2. The van der Waals surface area contributed by atoms with Crippen LogP contribution in [0.1, 0.15) is 34.1 Å². The highest BCUT2D eigenvalue weighted by Gasteiger charge is 2.30. The van der Waals surface area contributed by atoms with Gasteiger partial charge in [-0.3, -0.25) is 9.59 Å². The highest BCUT2D eigenvalue weighted by atomic mass is 35.5. The van der Waals surface area contributed by atoms with E-state index in [1.807, 2.05) is 0 Å². The molecular formula is C14H11ClO2. The van der Waals surface area contributed by atoms with Crippen LogP contribution in [0.15, 0.2) is 47.0 Å². The first kappa shape index (κ1) is 11.8. The molecule has 0 bridgehead atoms. The van der Waals surface area contributed by atoms with Crippen molar-refractivity contribution in [1.82, 2.24) is 0 Å². The topological polar surface area (TPSA) is 34.1 Å². The van der Waals surface area contributed by atoms with Crippen molar-refractivity contribution in [1.29, 1.82) is 0 Å². The van der Waals surface area contributed by atoms with Crippen molar-refractivity contribution < 1.29 is 9.59 Å². The van der Waals surface area contributed by atoms with Gasteiger partial charge in [-0.15, -0.1) is 0 Å². The second-order valence-corrected chi connectivity index (χ2v) is 4.51. The summed E-state index contributed by atoms with van der Waals surface area (Å²) in [6.45, 7) is 5.54. The summed E-state index contributed by atoms with van der Waals surface area (Å²) in [6, 6.07) is 6.73. The summed E-state index contributed by atoms with van der Waals surface area (Å²) in [5.74, 6) is -0.452. The van der Waals surface area contributed by atoms with E-state index in [1.54, 1.807) is 31.2 Å². The Morgan fingerprint density at radius 3 is 2.24 bits per heavy atom. The maximum Gasteiger partial charge on any atom is 0.205 e. The quantitative estimate of drug-likeness (QED) is 0.748. The van der Waals surface area contributed by atoms with Crippen molar-refractivity contribution in [2.45, 2.75) is 13.3 Å². The molecule has 0 N–H and O–H groups in total. The molecule has 0 fully saturated rings. The number of benzene rings is 1. The lowest BCUT2D eigenvalue weighted by Crippen LogP contribution is -2.20. The van der Waals surface area contributed by atoms with Crippen LogP contribution in [0.2, 0.25) is 0 Å². The molecule has 1 aliphatic rings. The van der Waals surface area contributed by atoms with Crippen LogP contribution in [0.3, 0.4) is 0 Å². The van der Waals surface area contributed by atoms with E-state index in [9.17, 15) is 9.59 Å². The number of hydrogen-bond acceptors (Lipinski definition) is 2. The first-order valence-electron chi connectivity index (χ1n) is 5.24. The van der Waals surface area contributed by atoms with Crippen LogP contribution in [-0.2, 0) is 0 Å². The van der Waals surface area contributed by atoms with Crippen LogP contribution < -0.4 is 0 Å². The second kappa shape index (κ2) is 4.30. The maximum absolute atomic E-state index is 12.2. The molecule has 0 saturated carbocycles. The molecule has 2 nitrogen and oxygen atoms in total. The Morgan fingerprint density at radius 2 is 1.71 bits per heavy atom. The third kappa shape index (κ3) is 1.96. The normalized spacial score (nSPS) is 14.9. The summed E-state index contributed by atoms with van der Waals surface area (Å²) in [6.07, 6.45) is 0.345. The smallest absolute Gasteiger partial charge is 0.205 e. The number of carbonyl (C=O) groups is 2. The molecule has 3 heteroatoms. The average molecular weight is 247 g/mol. The van der Waals surface area contributed by atoms with Crippen molar-refractivity contribution >= 4 is 23.2 Å². The number of hydrogen-bond donors (Lipinski definition) is 0.